The SMILES string of the molecule is Cc1nc(Cl)cc(C(F)(F)F)c1F. The number of pyridine rings is 1. The van der Waals surface area contributed by atoms with Crippen LogP contribution in [0.15, 0.2) is 6.07 Å². The molecule has 6 heteroatoms. The van der Waals surface area contributed by atoms with E-state index in [0.717, 1.165) is 6.92 Å². The molecule has 13 heavy (non-hydrogen) atoms. The number of halogens is 5. The van der Waals surface area contributed by atoms with Gasteiger partial charge < -0.3 is 0 Å². The number of hydrogen-bond donors (Lipinski definition) is 0. The number of alkyl halides is 3. The van der Waals surface area contributed by atoms with Crippen molar-refractivity contribution in [1.82, 2.24) is 4.98 Å². The lowest BCUT2D eigenvalue weighted by atomic mass is 10.2. The maximum absolute atomic E-state index is 12.8. The summed E-state index contributed by atoms with van der Waals surface area (Å²) in [6.45, 7) is 1.12. The molecule has 0 aromatic carbocycles. The predicted octanol–water partition coefficient (Wildman–Crippen LogP) is 3.20. The van der Waals surface area contributed by atoms with Crippen LogP contribution in [0.5, 0.6) is 0 Å². The number of hydrogen-bond acceptors (Lipinski definition) is 1. The van der Waals surface area contributed by atoms with Gasteiger partial charge in [0.05, 0.1) is 11.3 Å². The maximum atomic E-state index is 12.8. The van der Waals surface area contributed by atoms with Crippen LogP contribution in [0.4, 0.5) is 17.6 Å². The molecular formula is C7H4ClF4N. The molecule has 0 aliphatic heterocycles. The largest absolute Gasteiger partial charge is 0.419 e. The van der Waals surface area contributed by atoms with Gasteiger partial charge in [-0.15, -0.1) is 0 Å². The van der Waals surface area contributed by atoms with Crippen LogP contribution < -0.4 is 0 Å². The summed E-state index contributed by atoms with van der Waals surface area (Å²) < 4.78 is 49.1. The Morgan fingerprint density at radius 2 is 1.92 bits per heavy atom. The first-order valence-corrected chi connectivity index (χ1v) is 3.60. The minimum Gasteiger partial charge on any atom is -0.238 e. The molecule has 0 aliphatic carbocycles. The summed E-state index contributed by atoms with van der Waals surface area (Å²) in [7, 11) is 0. The number of nitrogens with zero attached hydrogens (tertiary/aromatic N) is 1. The number of rotatable bonds is 0. The third kappa shape index (κ3) is 2.09. The van der Waals surface area contributed by atoms with Crippen molar-refractivity contribution in [3.05, 3.63) is 28.3 Å². The highest BCUT2D eigenvalue weighted by Gasteiger charge is 2.35. The zero-order chi connectivity index (χ0) is 10.2. The smallest absolute Gasteiger partial charge is 0.238 e. The van der Waals surface area contributed by atoms with Crippen molar-refractivity contribution in [3.63, 3.8) is 0 Å². The van der Waals surface area contributed by atoms with E-state index in [1.807, 2.05) is 0 Å². The lowest BCUT2D eigenvalue weighted by Gasteiger charge is -2.08. The number of aromatic nitrogens is 1. The molecule has 0 aliphatic rings. The minimum atomic E-state index is -4.73. The van der Waals surface area contributed by atoms with Crippen molar-refractivity contribution >= 4 is 11.6 Å². The summed E-state index contributed by atoms with van der Waals surface area (Å²) in [5.74, 6) is -1.38. The van der Waals surface area contributed by atoms with Crippen LogP contribution in [0, 0.1) is 12.7 Å². The molecule has 1 heterocycles. The van der Waals surface area contributed by atoms with Gasteiger partial charge in [-0.25, -0.2) is 9.37 Å². The molecule has 0 saturated heterocycles. The summed E-state index contributed by atoms with van der Waals surface area (Å²) in [6.07, 6.45) is -4.73. The molecule has 0 bridgehead atoms. The Morgan fingerprint density at radius 1 is 1.38 bits per heavy atom. The molecule has 0 amide bonds. The first-order valence-electron chi connectivity index (χ1n) is 3.22. The molecule has 0 atom stereocenters. The van der Waals surface area contributed by atoms with E-state index in [2.05, 4.69) is 4.98 Å². The molecule has 1 aromatic heterocycles. The van der Waals surface area contributed by atoms with Gasteiger partial charge in [-0.05, 0) is 13.0 Å². The van der Waals surface area contributed by atoms with Crippen molar-refractivity contribution in [1.29, 1.82) is 0 Å². The van der Waals surface area contributed by atoms with E-state index in [1.54, 1.807) is 0 Å². The summed E-state index contributed by atoms with van der Waals surface area (Å²) in [6, 6.07) is 0.462. The van der Waals surface area contributed by atoms with Crippen LogP contribution in [-0.2, 0) is 6.18 Å². The summed E-state index contributed by atoms with van der Waals surface area (Å²) >= 11 is 5.25. The highest BCUT2D eigenvalue weighted by Crippen LogP contribution is 2.33. The second-order valence-electron chi connectivity index (χ2n) is 2.39. The molecular weight excluding hydrogens is 210 g/mol. The first-order chi connectivity index (χ1) is 5.82. The van der Waals surface area contributed by atoms with Gasteiger partial charge >= 0.3 is 6.18 Å². The summed E-state index contributed by atoms with van der Waals surface area (Å²) in [4.78, 5) is 3.34. The fourth-order valence-electron chi connectivity index (χ4n) is 0.825. The molecule has 0 N–H and O–H groups in total. The van der Waals surface area contributed by atoms with E-state index in [9.17, 15) is 17.6 Å². The van der Waals surface area contributed by atoms with Crippen LogP contribution in [-0.4, -0.2) is 4.98 Å². The average Bonchev–Trinajstić information content (AvgIpc) is 1.94. The van der Waals surface area contributed by atoms with E-state index in [0.29, 0.717) is 6.07 Å². The zero-order valence-electron chi connectivity index (χ0n) is 6.41. The Bertz CT molecular complexity index is 334. The van der Waals surface area contributed by atoms with Crippen molar-refractivity contribution < 1.29 is 17.6 Å². The molecule has 0 radical (unpaired) electrons. The van der Waals surface area contributed by atoms with Crippen LogP contribution in [0.1, 0.15) is 11.3 Å². The van der Waals surface area contributed by atoms with Crippen molar-refractivity contribution in [3.8, 4) is 0 Å². The van der Waals surface area contributed by atoms with E-state index < -0.39 is 17.6 Å². The normalized spacial score (nSPS) is 11.8. The molecule has 0 fully saturated rings. The fourth-order valence-corrected chi connectivity index (χ4v) is 1.06. The Balaban J connectivity index is 3.37. The van der Waals surface area contributed by atoms with Gasteiger partial charge in [0.1, 0.15) is 5.15 Å². The second-order valence-corrected chi connectivity index (χ2v) is 2.78. The van der Waals surface area contributed by atoms with Gasteiger partial charge in [0.15, 0.2) is 5.82 Å². The summed E-state index contributed by atoms with van der Waals surface area (Å²) in [5.41, 5.74) is -1.75. The topological polar surface area (TPSA) is 12.9 Å². The third-order valence-electron chi connectivity index (χ3n) is 1.40. The Morgan fingerprint density at radius 3 is 2.38 bits per heavy atom. The molecule has 0 unspecified atom stereocenters. The van der Waals surface area contributed by atoms with E-state index in [-0.39, 0.29) is 10.8 Å². The van der Waals surface area contributed by atoms with Crippen molar-refractivity contribution in [2.45, 2.75) is 13.1 Å². The molecule has 1 aromatic rings. The highest BCUT2D eigenvalue weighted by atomic mass is 35.5. The summed E-state index contributed by atoms with van der Waals surface area (Å²) in [5, 5.41) is -0.369. The standard InChI is InChI=1S/C7H4ClF4N/c1-3-6(9)4(7(10,11)12)2-5(8)13-3/h2H,1H3. The molecule has 0 spiro atoms. The Kier molecular flexibility index (Phi) is 2.47. The lowest BCUT2D eigenvalue weighted by Crippen LogP contribution is -2.10. The van der Waals surface area contributed by atoms with Crippen molar-refractivity contribution in [2.24, 2.45) is 0 Å². The quantitative estimate of drug-likeness (QED) is 0.476. The molecule has 72 valence electrons. The van der Waals surface area contributed by atoms with Gasteiger partial charge in [-0.3, -0.25) is 0 Å². The van der Waals surface area contributed by atoms with Crippen LogP contribution in [0.2, 0.25) is 5.15 Å². The maximum Gasteiger partial charge on any atom is 0.419 e. The van der Waals surface area contributed by atoms with Crippen LogP contribution in [0.3, 0.4) is 0 Å². The van der Waals surface area contributed by atoms with Crippen LogP contribution >= 0.6 is 11.6 Å². The Labute approximate surface area is 76.3 Å². The van der Waals surface area contributed by atoms with E-state index >= 15 is 0 Å². The zero-order valence-corrected chi connectivity index (χ0v) is 7.17. The fraction of sp³-hybridized carbons (Fsp3) is 0.286. The second kappa shape index (κ2) is 3.14. The predicted molar refractivity (Wildman–Crippen MR) is 38.9 cm³/mol. The van der Waals surface area contributed by atoms with Crippen LogP contribution in [0.25, 0.3) is 0 Å². The number of aryl methyl sites for hydroxylation is 1. The van der Waals surface area contributed by atoms with E-state index in [1.165, 1.54) is 0 Å². The first kappa shape index (κ1) is 10.2. The van der Waals surface area contributed by atoms with Gasteiger partial charge in [-0.2, -0.15) is 13.2 Å². The monoisotopic (exact) mass is 213 g/mol. The van der Waals surface area contributed by atoms with Gasteiger partial charge in [0.2, 0.25) is 0 Å². The van der Waals surface area contributed by atoms with E-state index in [4.69, 9.17) is 11.6 Å². The van der Waals surface area contributed by atoms with Gasteiger partial charge in [0, 0.05) is 0 Å². The third-order valence-corrected chi connectivity index (χ3v) is 1.59. The van der Waals surface area contributed by atoms with Gasteiger partial charge in [-0.1, -0.05) is 11.6 Å². The molecule has 1 rings (SSSR count). The highest BCUT2D eigenvalue weighted by molar-refractivity contribution is 6.29. The van der Waals surface area contributed by atoms with Crippen molar-refractivity contribution in [2.75, 3.05) is 0 Å². The average molecular weight is 214 g/mol. The molecule has 0 saturated carbocycles. The lowest BCUT2D eigenvalue weighted by molar-refractivity contribution is -0.140. The Hall–Kier alpha value is -0.840. The van der Waals surface area contributed by atoms with Gasteiger partial charge in [0.25, 0.3) is 0 Å². The molecule has 1 nitrogen and oxygen atoms in total. The minimum absolute atomic E-state index is 0.361.